The van der Waals surface area contributed by atoms with Gasteiger partial charge in [-0.15, -0.1) is 0 Å². The van der Waals surface area contributed by atoms with Crippen LogP contribution in [0.3, 0.4) is 0 Å². The Hall–Kier alpha value is -0.810. The molecule has 1 fully saturated rings. The molecule has 1 heterocycles. The van der Waals surface area contributed by atoms with E-state index >= 15 is 0 Å². The van der Waals surface area contributed by atoms with Crippen molar-refractivity contribution in [2.24, 2.45) is 5.41 Å². The van der Waals surface area contributed by atoms with Gasteiger partial charge in [0.05, 0.1) is 12.0 Å². The van der Waals surface area contributed by atoms with Crippen molar-refractivity contribution >= 4 is 16.5 Å². The van der Waals surface area contributed by atoms with Gasteiger partial charge in [0.25, 0.3) is 0 Å². The van der Waals surface area contributed by atoms with Crippen LogP contribution in [0.2, 0.25) is 0 Å². The Balaban J connectivity index is 1.93. The number of thiazole rings is 1. The number of nitrogens with one attached hydrogen (secondary N) is 1. The topological polar surface area (TPSA) is 37.4 Å². The Morgan fingerprint density at radius 2 is 2.05 bits per heavy atom. The summed E-state index contributed by atoms with van der Waals surface area (Å²) in [5.41, 5.74) is 0.530. The summed E-state index contributed by atoms with van der Waals surface area (Å²) >= 11 is 1.71. The highest BCUT2D eigenvalue weighted by Gasteiger charge is 2.31. The maximum Gasteiger partial charge on any atom is 0.230 e. The molecule has 0 spiro atoms. The smallest absolute Gasteiger partial charge is 0.230 e. The van der Waals surface area contributed by atoms with Crippen molar-refractivity contribution in [3.8, 4) is 5.88 Å². The molecule has 1 aliphatic carbocycles. The summed E-state index contributed by atoms with van der Waals surface area (Å²) in [5, 5.41) is 4.64. The van der Waals surface area contributed by atoms with Gasteiger partial charge >= 0.3 is 0 Å². The van der Waals surface area contributed by atoms with Crippen LogP contribution >= 0.6 is 11.3 Å². The van der Waals surface area contributed by atoms with E-state index in [4.69, 9.17) is 4.74 Å². The molecule has 0 aromatic carbocycles. The second-order valence-corrected chi connectivity index (χ2v) is 7.05. The van der Waals surface area contributed by atoms with Crippen LogP contribution in [-0.4, -0.2) is 32.7 Å². The van der Waals surface area contributed by atoms with E-state index in [1.165, 1.54) is 37.0 Å². The summed E-state index contributed by atoms with van der Waals surface area (Å²) in [6.07, 6.45) is 6.82. The van der Waals surface area contributed by atoms with E-state index in [9.17, 15) is 0 Å². The number of aromatic nitrogens is 1. The first-order valence-corrected chi connectivity index (χ1v) is 8.33. The van der Waals surface area contributed by atoms with Gasteiger partial charge in [-0.25, -0.2) is 0 Å². The van der Waals surface area contributed by atoms with Crippen LogP contribution in [0.15, 0.2) is 0 Å². The van der Waals surface area contributed by atoms with E-state index in [2.05, 4.69) is 17.2 Å². The number of methoxy groups -OCH3 is 1. The van der Waals surface area contributed by atoms with Gasteiger partial charge in [-0.1, -0.05) is 31.1 Å². The second kappa shape index (κ2) is 6.76. The molecule has 1 N–H and O–H groups in total. The van der Waals surface area contributed by atoms with Crippen LogP contribution in [0.5, 0.6) is 5.88 Å². The van der Waals surface area contributed by atoms with Gasteiger partial charge < -0.3 is 15.0 Å². The van der Waals surface area contributed by atoms with Crippen molar-refractivity contribution < 1.29 is 4.74 Å². The molecular weight excluding hydrogens is 270 g/mol. The summed E-state index contributed by atoms with van der Waals surface area (Å²) in [7, 11) is 5.72. The molecule has 1 aromatic rings. The van der Waals surface area contributed by atoms with Crippen LogP contribution < -0.4 is 15.0 Å². The fraction of sp³-hybridized carbons (Fsp3) is 0.800. The Kier molecular flexibility index (Phi) is 5.27. The maximum atomic E-state index is 5.38. The van der Waals surface area contributed by atoms with Gasteiger partial charge in [0.1, 0.15) is 0 Å². The quantitative estimate of drug-likeness (QED) is 0.838. The summed E-state index contributed by atoms with van der Waals surface area (Å²) in [6.45, 7) is 4.29. The Morgan fingerprint density at radius 3 is 2.60 bits per heavy atom. The Labute approximate surface area is 126 Å². The molecule has 5 heteroatoms. The van der Waals surface area contributed by atoms with E-state index in [-0.39, 0.29) is 0 Å². The minimum absolute atomic E-state index is 0.530. The predicted molar refractivity (Wildman–Crippen MR) is 85.9 cm³/mol. The van der Waals surface area contributed by atoms with Crippen molar-refractivity contribution in [3.05, 3.63) is 4.88 Å². The second-order valence-electron chi connectivity index (χ2n) is 5.99. The van der Waals surface area contributed by atoms with E-state index in [0.29, 0.717) is 5.41 Å². The first kappa shape index (κ1) is 15.6. The number of ether oxygens (including phenoxy) is 1. The largest absolute Gasteiger partial charge is 0.480 e. The number of nitrogens with zero attached hydrogens (tertiary/aromatic N) is 2. The first-order valence-electron chi connectivity index (χ1n) is 7.52. The molecule has 0 unspecified atom stereocenters. The van der Waals surface area contributed by atoms with Crippen LogP contribution in [-0.2, 0) is 6.54 Å². The lowest BCUT2D eigenvalue weighted by Crippen LogP contribution is -2.31. The molecule has 0 saturated heterocycles. The lowest BCUT2D eigenvalue weighted by Gasteiger charge is -2.27. The van der Waals surface area contributed by atoms with Crippen LogP contribution in [0.25, 0.3) is 0 Å². The summed E-state index contributed by atoms with van der Waals surface area (Å²) < 4.78 is 5.38. The summed E-state index contributed by atoms with van der Waals surface area (Å²) in [6, 6.07) is 0. The number of rotatable bonds is 7. The predicted octanol–water partition coefficient (Wildman–Crippen LogP) is 3.28. The third-order valence-electron chi connectivity index (χ3n) is 4.43. The fourth-order valence-electron chi connectivity index (χ4n) is 3.01. The van der Waals surface area contributed by atoms with Crippen molar-refractivity contribution in [2.45, 2.75) is 45.6 Å². The monoisotopic (exact) mass is 297 g/mol. The third-order valence-corrected chi connectivity index (χ3v) is 5.63. The number of anilines is 1. The molecule has 0 bridgehead atoms. The van der Waals surface area contributed by atoms with Crippen molar-refractivity contribution in [2.75, 3.05) is 32.6 Å². The molecule has 1 saturated carbocycles. The zero-order chi connectivity index (χ0) is 14.6. The average molecular weight is 297 g/mol. The normalized spacial score (nSPS) is 17.4. The molecule has 0 atom stereocenters. The molecule has 4 nitrogen and oxygen atoms in total. The van der Waals surface area contributed by atoms with E-state index < -0.39 is 0 Å². The lowest BCUT2D eigenvalue weighted by molar-refractivity contribution is 0.268. The van der Waals surface area contributed by atoms with Gasteiger partial charge in [0, 0.05) is 27.2 Å². The molecule has 114 valence electrons. The standard InChI is InChI=1S/C15H27N3OS/c1-5-15(8-6-7-9-15)11-16-10-12-13(19-4)17-14(20-12)18(2)3/h16H,5-11H2,1-4H3. The van der Waals surface area contributed by atoms with E-state index in [1.54, 1.807) is 18.4 Å². The fourth-order valence-corrected chi connectivity index (χ4v) is 3.93. The van der Waals surface area contributed by atoms with Crippen molar-refractivity contribution in [1.29, 1.82) is 0 Å². The highest BCUT2D eigenvalue weighted by Crippen LogP contribution is 2.40. The highest BCUT2D eigenvalue weighted by molar-refractivity contribution is 7.15. The Morgan fingerprint density at radius 1 is 1.35 bits per heavy atom. The van der Waals surface area contributed by atoms with Gasteiger partial charge in [0.2, 0.25) is 5.88 Å². The first-order chi connectivity index (χ1) is 9.60. The van der Waals surface area contributed by atoms with Crippen LogP contribution in [0.4, 0.5) is 5.13 Å². The van der Waals surface area contributed by atoms with Gasteiger partial charge in [0.15, 0.2) is 5.13 Å². The molecule has 0 aliphatic heterocycles. The zero-order valence-corrected chi connectivity index (χ0v) is 14.0. The minimum atomic E-state index is 0.530. The number of hydrogen-bond donors (Lipinski definition) is 1. The van der Waals surface area contributed by atoms with Crippen molar-refractivity contribution in [1.82, 2.24) is 10.3 Å². The maximum absolute atomic E-state index is 5.38. The average Bonchev–Trinajstić information content (AvgIpc) is 3.06. The van der Waals surface area contributed by atoms with E-state index in [0.717, 1.165) is 24.1 Å². The third kappa shape index (κ3) is 3.44. The molecule has 0 amide bonds. The highest BCUT2D eigenvalue weighted by atomic mass is 32.1. The molecule has 2 rings (SSSR count). The van der Waals surface area contributed by atoms with Gasteiger partial charge in [-0.2, -0.15) is 4.98 Å². The number of hydrogen-bond acceptors (Lipinski definition) is 5. The molecular formula is C15H27N3OS. The van der Waals surface area contributed by atoms with Crippen LogP contribution in [0.1, 0.15) is 43.9 Å². The van der Waals surface area contributed by atoms with Crippen LogP contribution in [0, 0.1) is 5.41 Å². The molecule has 1 aliphatic rings. The lowest BCUT2D eigenvalue weighted by atomic mass is 9.83. The Bertz CT molecular complexity index is 425. The minimum Gasteiger partial charge on any atom is -0.480 e. The molecule has 1 aromatic heterocycles. The SMILES string of the molecule is CCC1(CNCc2sc(N(C)C)nc2OC)CCCC1. The molecule has 0 radical (unpaired) electrons. The zero-order valence-electron chi connectivity index (χ0n) is 13.2. The van der Waals surface area contributed by atoms with Crippen molar-refractivity contribution in [3.63, 3.8) is 0 Å². The summed E-state index contributed by atoms with van der Waals surface area (Å²) in [5.74, 6) is 0.767. The van der Waals surface area contributed by atoms with E-state index in [1.807, 2.05) is 19.0 Å². The van der Waals surface area contributed by atoms with Gasteiger partial charge in [-0.3, -0.25) is 0 Å². The molecule has 20 heavy (non-hydrogen) atoms. The van der Waals surface area contributed by atoms with Gasteiger partial charge in [-0.05, 0) is 24.7 Å². The summed E-state index contributed by atoms with van der Waals surface area (Å²) in [4.78, 5) is 7.72.